The van der Waals surface area contributed by atoms with E-state index < -0.39 is 0 Å². The van der Waals surface area contributed by atoms with Crippen molar-refractivity contribution in [1.29, 1.82) is 0 Å². The molecule has 0 saturated carbocycles. The van der Waals surface area contributed by atoms with Crippen molar-refractivity contribution < 1.29 is 4.79 Å². The van der Waals surface area contributed by atoms with Crippen molar-refractivity contribution in [2.24, 2.45) is 0 Å². The van der Waals surface area contributed by atoms with Crippen LogP contribution in [0.3, 0.4) is 0 Å². The number of hydrogen-bond donors (Lipinski definition) is 3. The summed E-state index contributed by atoms with van der Waals surface area (Å²) in [6.45, 7) is 1.89. The highest BCUT2D eigenvalue weighted by Crippen LogP contribution is 2.14. The maximum absolute atomic E-state index is 11.8. The van der Waals surface area contributed by atoms with Crippen LogP contribution in [-0.4, -0.2) is 16.1 Å². The SMILES string of the molecule is Cc1ccc(C(=O)Nc2ccn[nH]2)cc1N. The van der Waals surface area contributed by atoms with E-state index in [1.165, 1.54) is 0 Å². The zero-order valence-electron chi connectivity index (χ0n) is 8.82. The van der Waals surface area contributed by atoms with E-state index in [0.29, 0.717) is 17.1 Å². The van der Waals surface area contributed by atoms with Crippen LogP contribution in [-0.2, 0) is 0 Å². The quantitative estimate of drug-likeness (QED) is 0.666. The van der Waals surface area contributed by atoms with Gasteiger partial charge in [0.2, 0.25) is 0 Å². The highest BCUT2D eigenvalue weighted by atomic mass is 16.1. The summed E-state index contributed by atoms with van der Waals surface area (Å²) >= 11 is 0. The van der Waals surface area contributed by atoms with Crippen LogP contribution >= 0.6 is 0 Å². The Balaban J connectivity index is 2.18. The molecule has 0 spiro atoms. The Bertz CT molecular complexity index is 505. The van der Waals surface area contributed by atoms with Gasteiger partial charge in [-0.3, -0.25) is 9.89 Å². The summed E-state index contributed by atoms with van der Waals surface area (Å²) in [5, 5.41) is 9.06. The number of nitrogen functional groups attached to an aromatic ring is 1. The molecule has 1 amide bonds. The third kappa shape index (κ3) is 2.03. The van der Waals surface area contributed by atoms with Gasteiger partial charge in [-0.2, -0.15) is 5.10 Å². The van der Waals surface area contributed by atoms with Gasteiger partial charge in [-0.15, -0.1) is 0 Å². The number of aromatic amines is 1. The number of nitrogens with zero attached hydrogens (tertiary/aromatic N) is 1. The second kappa shape index (κ2) is 4.06. The summed E-state index contributed by atoms with van der Waals surface area (Å²) in [5.41, 5.74) is 7.82. The monoisotopic (exact) mass is 216 g/mol. The fourth-order valence-corrected chi connectivity index (χ4v) is 1.30. The summed E-state index contributed by atoms with van der Waals surface area (Å²) in [6, 6.07) is 6.88. The number of carbonyl (C=O) groups excluding carboxylic acids is 1. The molecule has 1 heterocycles. The van der Waals surface area contributed by atoms with Crippen LogP contribution in [0.25, 0.3) is 0 Å². The molecule has 0 radical (unpaired) electrons. The number of aromatic nitrogens is 2. The van der Waals surface area contributed by atoms with Crippen LogP contribution in [0.15, 0.2) is 30.5 Å². The number of rotatable bonds is 2. The number of aryl methyl sites for hydroxylation is 1. The van der Waals surface area contributed by atoms with Gasteiger partial charge in [0, 0.05) is 17.3 Å². The molecular weight excluding hydrogens is 204 g/mol. The van der Waals surface area contributed by atoms with Gasteiger partial charge in [0.25, 0.3) is 5.91 Å². The smallest absolute Gasteiger partial charge is 0.256 e. The van der Waals surface area contributed by atoms with E-state index in [2.05, 4.69) is 15.5 Å². The maximum atomic E-state index is 11.8. The lowest BCUT2D eigenvalue weighted by molar-refractivity contribution is 0.102. The van der Waals surface area contributed by atoms with Gasteiger partial charge < -0.3 is 11.1 Å². The van der Waals surface area contributed by atoms with Gasteiger partial charge in [0.15, 0.2) is 0 Å². The molecular formula is C11H12N4O. The Kier molecular flexibility index (Phi) is 2.59. The number of nitrogens with one attached hydrogen (secondary N) is 2. The topological polar surface area (TPSA) is 83.8 Å². The molecule has 2 rings (SSSR count). The highest BCUT2D eigenvalue weighted by molar-refractivity contribution is 6.04. The van der Waals surface area contributed by atoms with Crippen LogP contribution < -0.4 is 11.1 Å². The van der Waals surface area contributed by atoms with Crippen molar-refractivity contribution in [3.8, 4) is 0 Å². The van der Waals surface area contributed by atoms with E-state index >= 15 is 0 Å². The fourth-order valence-electron chi connectivity index (χ4n) is 1.30. The zero-order valence-corrected chi connectivity index (χ0v) is 8.82. The standard InChI is InChI=1S/C11H12N4O/c1-7-2-3-8(6-9(7)12)11(16)14-10-4-5-13-15-10/h2-6H,12H2,1H3,(H2,13,14,15,16). The Labute approximate surface area is 92.7 Å². The van der Waals surface area contributed by atoms with Crippen molar-refractivity contribution in [2.75, 3.05) is 11.1 Å². The largest absolute Gasteiger partial charge is 0.398 e. The van der Waals surface area contributed by atoms with Crippen LogP contribution in [0.4, 0.5) is 11.5 Å². The summed E-state index contributed by atoms with van der Waals surface area (Å²) < 4.78 is 0. The van der Waals surface area contributed by atoms with Gasteiger partial charge in [-0.1, -0.05) is 6.07 Å². The molecule has 4 N–H and O–H groups in total. The molecule has 5 heteroatoms. The van der Waals surface area contributed by atoms with E-state index in [0.717, 1.165) is 5.56 Å². The van der Waals surface area contributed by atoms with E-state index in [9.17, 15) is 4.79 Å². The third-order valence-electron chi connectivity index (χ3n) is 2.29. The molecule has 0 atom stereocenters. The highest BCUT2D eigenvalue weighted by Gasteiger charge is 2.07. The number of anilines is 2. The van der Waals surface area contributed by atoms with Crippen molar-refractivity contribution in [2.45, 2.75) is 6.92 Å². The van der Waals surface area contributed by atoms with Crippen LogP contribution in [0.2, 0.25) is 0 Å². The molecule has 5 nitrogen and oxygen atoms in total. The zero-order chi connectivity index (χ0) is 11.5. The lowest BCUT2D eigenvalue weighted by atomic mass is 10.1. The number of H-pyrrole nitrogens is 1. The van der Waals surface area contributed by atoms with Gasteiger partial charge in [0.1, 0.15) is 5.82 Å². The third-order valence-corrected chi connectivity index (χ3v) is 2.29. The molecule has 0 bridgehead atoms. The van der Waals surface area contributed by atoms with Gasteiger partial charge in [0.05, 0.1) is 6.20 Å². The van der Waals surface area contributed by atoms with E-state index in [-0.39, 0.29) is 5.91 Å². The number of amides is 1. The summed E-state index contributed by atoms with van der Waals surface area (Å²) in [7, 11) is 0. The van der Waals surface area contributed by atoms with Gasteiger partial charge >= 0.3 is 0 Å². The molecule has 0 aliphatic heterocycles. The second-order valence-corrected chi connectivity index (χ2v) is 3.50. The van der Waals surface area contributed by atoms with Crippen LogP contribution in [0, 0.1) is 6.92 Å². The van der Waals surface area contributed by atoms with Crippen molar-refractivity contribution in [3.63, 3.8) is 0 Å². The molecule has 0 unspecified atom stereocenters. The minimum atomic E-state index is -0.212. The number of benzene rings is 1. The first kappa shape index (κ1) is 10.2. The first-order valence-electron chi connectivity index (χ1n) is 4.83. The average molecular weight is 216 g/mol. The predicted molar refractivity (Wildman–Crippen MR) is 62.1 cm³/mol. The minimum absolute atomic E-state index is 0.212. The van der Waals surface area contributed by atoms with E-state index in [1.807, 2.05) is 13.0 Å². The molecule has 0 fully saturated rings. The molecule has 82 valence electrons. The Morgan fingerprint density at radius 1 is 1.44 bits per heavy atom. The first-order valence-corrected chi connectivity index (χ1v) is 4.83. The van der Waals surface area contributed by atoms with E-state index in [1.54, 1.807) is 24.4 Å². The number of carbonyl (C=O) groups is 1. The van der Waals surface area contributed by atoms with Crippen LogP contribution in [0.5, 0.6) is 0 Å². The van der Waals surface area contributed by atoms with Gasteiger partial charge in [-0.25, -0.2) is 0 Å². The lowest BCUT2D eigenvalue weighted by Gasteiger charge is -2.05. The normalized spacial score (nSPS) is 10.1. The van der Waals surface area contributed by atoms with Crippen molar-refractivity contribution in [3.05, 3.63) is 41.6 Å². The Morgan fingerprint density at radius 2 is 2.25 bits per heavy atom. The Morgan fingerprint density at radius 3 is 2.88 bits per heavy atom. The van der Waals surface area contributed by atoms with Gasteiger partial charge in [-0.05, 0) is 24.6 Å². The molecule has 0 saturated heterocycles. The van der Waals surface area contributed by atoms with Crippen molar-refractivity contribution >= 4 is 17.4 Å². The number of nitrogens with two attached hydrogens (primary N) is 1. The lowest BCUT2D eigenvalue weighted by Crippen LogP contribution is -2.12. The Hall–Kier alpha value is -2.30. The summed E-state index contributed by atoms with van der Waals surface area (Å²) in [4.78, 5) is 11.8. The second-order valence-electron chi connectivity index (χ2n) is 3.50. The molecule has 1 aromatic carbocycles. The molecule has 0 aliphatic rings. The molecule has 1 aromatic heterocycles. The molecule has 2 aromatic rings. The summed E-state index contributed by atoms with van der Waals surface area (Å²) in [6.07, 6.45) is 1.57. The van der Waals surface area contributed by atoms with Crippen molar-refractivity contribution in [1.82, 2.24) is 10.2 Å². The maximum Gasteiger partial charge on any atom is 0.256 e. The van der Waals surface area contributed by atoms with Crippen LogP contribution in [0.1, 0.15) is 15.9 Å². The number of hydrogen-bond acceptors (Lipinski definition) is 3. The van der Waals surface area contributed by atoms with E-state index in [4.69, 9.17) is 5.73 Å². The predicted octanol–water partition coefficient (Wildman–Crippen LogP) is 1.55. The first-order chi connectivity index (χ1) is 7.66. The molecule has 16 heavy (non-hydrogen) atoms. The molecule has 0 aliphatic carbocycles. The average Bonchev–Trinajstić information content (AvgIpc) is 2.74. The fraction of sp³-hybridized carbons (Fsp3) is 0.0909. The minimum Gasteiger partial charge on any atom is -0.398 e. The summed E-state index contributed by atoms with van der Waals surface area (Å²) in [5.74, 6) is 0.347.